The average molecular weight is 461 g/mol. The number of amides is 1. The van der Waals surface area contributed by atoms with Crippen LogP contribution in [0.25, 0.3) is 17.4 Å². The Hall–Kier alpha value is -3.44. The fourth-order valence-electron chi connectivity index (χ4n) is 2.81. The molecule has 9 nitrogen and oxygen atoms in total. The summed E-state index contributed by atoms with van der Waals surface area (Å²) in [4.78, 5) is 47.5. The van der Waals surface area contributed by atoms with E-state index in [-0.39, 0.29) is 9.23 Å². The summed E-state index contributed by atoms with van der Waals surface area (Å²) in [6, 6.07) is 8.21. The maximum absolute atomic E-state index is 12.7. The normalized spacial score (nSPS) is 15.9. The van der Waals surface area contributed by atoms with Gasteiger partial charge in [0.05, 0.1) is 24.0 Å². The van der Waals surface area contributed by atoms with Crippen molar-refractivity contribution < 1.29 is 38.5 Å². The van der Waals surface area contributed by atoms with Gasteiger partial charge >= 0.3 is 17.9 Å². The van der Waals surface area contributed by atoms with Crippen molar-refractivity contribution in [1.29, 1.82) is 0 Å². The van der Waals surface area contributed by atoms with Gasteiger partial charge in [-0.2, -0.15) is 0 Å². The molecule has 0 spiro atoms. The molecule has 0 bridgehead atoms. The highest BCUT2D eigenvalue weighted by Crippen LogP contribution is 2.35. The van der Waals surface area contributed by atoms with Crippen LogP contribution >= 0.6 is 24.0 Å². The van der Waals surface area contributed by atoms with Crippen LogP contribution in [0, 0.1) is 0 Å². The van der Waals surface area contributed by atoms with Gasteiger partial charge in [-0.1, -0.05) is 36.1 Å². The molecule has 1 aromatic heterocycles. The number of carbonyl (C=O) groups is 4. The van der Waals surface area contributed by atoms with Crippen molar-refractivity contribution in [2.45, 2.75) is 12.5 Å². The number of hydrogen-bond acceptors (Lipinski definition) is 8. The molecule has 160 valence electrons. The fourth-order valence-corrected chi connectivity index (χ4v) is 4.14. The minimum atomic E-state index is -1.60. The first-order valence-electron chi connectivity index (χ1n) is 8.71. The molecule has 11 heteroatoms. The maximum atomic E-state index is 12.7. The van der Waals surface area contributed by atoms with Crippen molar-refractivity contribution in [3.05, 3.63) is 52.6 Å². The van der Waals surface area contributed by atoms with E-state index in [1.165, 1.54) is 13.2 Å². The highest BCUT2D eigenvalue weighted by molar-refractivity contribution is 8.26. The summed E-state index contributed by atoms with van der Waals surface area (Å²) in [6.45, 7) is 0. The summed E-state index contributed by atoms with van der Waals surface area (Å²) in [5, 5.41) is 18.2. The SMILES string of the molecule is COC(=O)c1ccc(-c2ccc(/C=C3\SC(=S)N([C@@H](CC(=O)O)C(=O)O)C3=O)o2)cc1. The van der Waals surface area contributed by atoms with Crippen LogP contribution in [0.5, 0.6) is 0 Å². The Morgan fingerprint density at radius 2 is 1.87 bits per heavy atom. The summed E-state index contributed by atoms with van der Waals surface area (Å²) in [5.74, 6) is -3.19. The van der Waals surface area contributed by atoms with Crippen molar-refractivity contribution in [3.63, 3.8) is 0 Å². The molecule has 1 aliphatic heterocycles. The Morgan fingerprint density at radius 3 is 2.45 bits per heavy atom. The molecular weight excluding hydrogens is 446 g/mol. The number of furan rings is 1. The number of benzene rings is 1. The first-order chi connectivity index (χ1) is 14.7. The number of nitrogens with zero attached hydrogens (tertiary/aromatic N) is 1. The quantitative estimate of drug-likeness (QED) is 0.360. The lowest BCUT2D eigenvalue weighted by atomic mass is 10.1. The molecule has 2 aromatic rings. The second-order valence-corrected chi connectivity index (χ2v) is 7.95. The van der Waals surface area contributed by atoms with Crippen molar-refractivity contribution in [1.82, 2.24) is 4.90 Å². The van der Waals surface area contributed by atoms with Gasteiger partial charge in [-0.15, -0.1) is 0 Å². The van der Waals surface area contributed by atoms with Gasteiger partial charge in [0.15, 0.2) is 0 Å². The van der Waals surface area contributed by atoms with Crippen LogP contribution in [0.2, 0.25) is 0 Å². The number of hydrogen-bond donors (Lipinski definition) is 2. The van der Waals surface area contributed by atoms with E-state index in [1.807, 2.05) is 0 Å². The first kappa shape index (κ1) is 22.2. The average Bonchev–Trinajstić information content (AvgIpc) is 3.30. The maximum Gasteiger partial charge on any atom is 0.337 e. The molecule has 2 N–H and O–H groups in total. The predicted molar refractivity (Wildman–Crippen MR) is 114 cm³/mol. The van der Waals surface area contributed by atoms with E-state index in [4.69, 9.17) is 21.7 Å². The first-order valence-corrected chi connectivity index (χ1v) is 9.94. The van der Waals surface area contributed by atoms with Gasteiger partial charge < -0.3 is 19.4 Å². The summed E-state index contributed by atoms with van der Waals surface area (Å²) >= 11 is 5.95. The molecule has 1 aliphatic rings. The van der Waals surface area contributed by atoms with Crippen LogP contribution in [0.1, 0.15) is 22.5 Å². The second kappa shape index (κ2) is 9.14. The number of aliphatic carboxylic acids is 2. The summed E-state index contributed by atoms with van der Waals surface area (Å²) < 4.78 is 10.3. The lowest BCUT2D eigenvalue weighted by Gasteiger charge is -2.21. The van der Waals surface area contributed by atoms with Crippen molar-refractivity contribution in [2.24, 2.45) is 0 Å². The molecule has 1 amide bonds. The van der Waals surface area contributed by atoms with Crippen LogP contribution in [-0.4, -0.2) is 56.4 Å². The van der Waals surface area contributed by atoms with Crippen molar-refractivity contribution in [3.8, 4) is 11.3 Å². The van der Waals surface area contributed by atoms with Gasteiger partial charge in [0.25, 0.3) is 5.91 Å². The lowest BCUT2D eigenvalue weighted by Crippen LogP contribution is -2.45. The number of methoxy groups -OCH3 is 1. The molecular formula is C20H15NO8S2. The van der Waals surface area contributed by atoms with Gasteiger partial charge in [-0.05, 0) is 24.3 Å². The zero-order valence-electron chi connectivity index (χ0n) is 15.9. The van der Waals surface area contributed by atoms with Crippen LogP contribution in [0.15, 0.2) is 45.7 Å². The van der Waals surface area contributed by atoms with Crippen LogP contribution in [-0.2, 0) is 19.1 Å². The van der Waals surface area contributed by atoms with Gasteiger partial charge in [-0.25, -0.2) is 9.59 Å². The van der Waals surface area contributed by atoms with Crippen molar-refractivity contribution >= 4 is 58.2 Å². The molecule has 1 saturated heterocycles. The highest BCUT2D eigenvalue weighted by atomic mass is 32.2. The molecule has 3 rings (SSSR count). The van der Waals surface area contributed by atoms with Gasteiger partial charge in [-0.3, -0.25) is 14.5 Å². The van der Waals surface area contributed by atoms with E-state index in [2.05, 4.69) is 4.74 Å². The molecule has 1 fully saturated rings. The van der Waals surface area contributed by atoms with Gasteiger partial charge in [0, 0.05) is 11.6 Å². The largest absolute Gasteiger partial charge is 0.481 e. The summed E-state index contributed by atoms with van der Waals surface area (Å²) in [7, 11) is 1.29. The number of thioether (sulfide) groups is 1. The smallest absolute Gasteiger partial charge is 0.337 e. The molecule has 0 radical (unpaired) electrons. The number of rotatable bonds is 7. The number of thiocarbonyl (C=S) groups is 1. The third-order valence-electron chi connectivity index (χ3n) is 4.28. The second-order valence-electron chi connectivity index (χ2n) is 6.27. The standard InChI is InChI=1S/C20H15NO8S2/c1-28-19(27)11-4-2-10(3-5-11)14-7-6-12(29-14)8-15-17(24)21(20(30)31-15)13(18(25)26)9-16(22)23/h2-8,13H,9H2,1H3,(H,22,23)(H,25,26)/b15-8-/t13-/m0/s1. The summed E-state index contributed by atoms with van der Waals surface area (Å²) in [6.07, 6.45) is 0.632. The number of ether oxygens (including phenoxy) is 1. The molecule has 1 atom stereocenters. The third kappa shape index (κ3) is 4.84. The summed E-state index contributed by atoms with van der Waals surface area (Å²) in [5.41, 5.74) is 1.07. The molecule has 0 unspecified atom stereocenters. The fraction of sp³-hybridized carbons (Fsp3) is 0.150. The number of carbonyl (C=O) groups excluding carboxylic acids is 2. The molecule has 1 aromatic carbocycles. The van der Waals surface area contributed by atoms with Crippen molar-refractivity contribution in [2.75, 3.05) is 7.11 Å². The van der Waals surface area contributed by atoms with Gasteiger partial charge in [0.1, 0.15) is 21.9 Å². The van der Waals surface area contributed by atoms with E-state index in [1.54, 1.807) is 36.4 Å². The lowest BCUT2D eigenvalue weighted by molar-refractivity contribution is -0.150. The number of carboxylic acids is 2. The third-order valence-corrected chi connectivity index (χ3v) is 5.61. The Morgan fingerprint density at radius 1 is 1.19 bits per heavy atom. The van der Waals surface area contributed by atoms with E-state index >= 15 is 0 Å². The molecule has 0 aliphatic carbocycles. The number of carboxylic acid groups (broad SMARTS) is 2. The Balaban J connectivity index is 1.82. The van der Waals surface area contributed by atoms with Gasteiger partial charge in [0.2, 0.25) is 0 Å². The molecule has 0 saturated carbocycles. The zero-order valence-corrected chi connectivity index (χ0v) is 17.6. The van der Waals surface area contributed by atoms with Crippen LogP contribution in [0.3, 0.4) is 0 Å². The van der Waals surface area contributed by atoms with E-state index < -0.39 is 36.3 Å². The van der Waals surface area contributed by atoms with Crippen LogP contribution < -0.4 is 0 Å². The topological polar surface area (TPSA) is 134 Å². The Bertz CT molecular complexity index is 1100. The molecule has 2 heterocycles. The monoisotopic (exact) mass is 461 g/mol. The Kier molecular flexibility index (Phi) is 6.56. The minimum absolute atomic E-state index is 0.0462. The zero-order chi connectivity index (χ0) is 22.7. The molecule has 31 heavy (non-hydrogen) atoms. The predicted octanol–water partition coefficient (Wildman–Crippen LogP) is 2.86. The number of esters is 1. The van der Waals surface area contributed by atoms with E-state index in [0.717, 1.165) is 16.7 Å². The highest BCUT2D eigenvalue weighted by Gasteiger charge is 2.41. The van der Waals surface area contributed by atoms with Crippen LogP contribution in [0.4, 0.5) is 0 Å². The Labute approximate surface area is 185 Å². The van der Waals surface area contributed by atoms with E-state index in [9.17, 15) is 24.3 Å². The minimum Gasteiger partial charge on any atom is -0.481 e. The van der Waals surface area contributed by atoms with E-state index in [0.29, 0.717) is 22.6 Å².